The Kier molecular flexibility index (Phi) is 5.20. The number of sulfonamides is 1. The zero-order valence-electron chi connectivity index (χ0n) is 15.3. The number of primary sulfonamides is 1. The van der Waals surface area contributed by atoms with Crippen LogP contribution in [0.1, 0.15) is 5.69 Å². The predicted octanol–water partition coefficient (Wildman–Crippen LogP) is 4.03. The van der Waals surface area contributed by atoms with Crippen molar-refractivity contribution >= 4 is 38.7 Å². The van der Waals surface area contributed by atoms with Crippen LogP contribution in [0.25, 0.3) is 28.0 Å². The summed E-state index contributed by atoms with van der Waals surface area (Å²) < 4.78 is 57.6. The standard InChI is InChI=1S/C19H13F2IN4O3S/c1-10-18(14-7-4-12(20)8-15(14)21)19-24-16(9-17(29-22)26(19)25-10)11-2-5-13(6-3-11)30(23,27)28/h2-9H,1H3,(H2,23,27,28). The third kappa shape index (κ3) is 3.63. The van der Waals surface area contributed by atoms with Crippen molar-refractivity contribution in [2.75, 3.05) is 0 Å². The van der Waals surface area contributed by atoms with Crippen LogP contribution in [-0.2, 0) is 10.0 Å². The molecule has 4 aromatic rings. The van der Waals surface area contributed by atoms with Gasteiger partial charge in [0.25, 0.3) is 0 Å². The zero-order chi connectivity index (χ0) is 21.6. The Labute approximate surface area is 184 Å². The molecule has 2 N–H and O–H groups in total. The van der Waals surface area contributed by atoms with E-state index in [1.165, 1.54) is 22.7 Å². The van der Waals surface area contributed by atoms with Crippen molar-refractivity contribution in [2.24, 2.45) is 5.14 Å². The largest absolute Gasteiger partial charge is 0.408 e. The predicted molar refractivity (Wildman–Crippen MR) is 115 cm³/mol. The first-order valence-electron chi connectivity index (χ1n) is 8.46. The first kappa shape index (κ1) is 20.6. The van der Waals surface area contributed by atoms with Crippen LogP contribution >= 0.6 is 23.0 Å². The molecule has 154 valence electrons. The molecule has 0 atom stereocenters. The average molecular weight is 542 g/mol. The van der Waals surface area contributed by atoms with E-state index in [2.05, 4.69) is 10.1 Å². The number of aromatic nitrogens is 3. The molecule has 0 aliphatic heterocycles. The molecule has 0 saturated heterocycles. The highest BCUT2D eigenvalue weighted by Gasteiger charge is 2.21. The van der Waals surface area contributed by atoms with Gasteiger partial charge in [0.15, 0.2) is 28.7 Å². The van der Waals surface area contributed by atoms with E-state index in [0.29, 0.717) is 34.0 Å². The molecule has 0 amide bonds. The van der Waals surface area contributed by atoms with Gasteiger partial charge in [0.2, 0.25) is 15.9 Å². The molecule has 0 radical (unpaired) electrons. The van der Waals surface area contributed by atoms with E-state index in [1.54, 1.807) is 48.1 Å². The SMILES string of the molecule is Cc1nn2c(OI)cc(-c3ccc(S(N)(=O)=O)cc3)nc2c1-c1ccc(F)cc1F. The lowest BCUT2D eigenvalue weighted by atomic mass is 10.1. The van der Waals surface area contributed by atoms with Gasteiger partial charge in [-0.1, -0.05) is 12.1 Å². The lowest BCUT2D eigenvalue weighted by Gasteiger charge is -2.08. The minimum atomic E-state index is -3.83. The number of hydrogen-bond acceptors (Lipinski definition) is 5. The second kappa shape index (κ2) is 7.56. The number of nitrogens with two attached hydrogens (primary N) is 1. The van der Waals surface area contributed by atoms with E-state index in [1.807, 2.05) is 0 Å². The van der Waals surface area contributed by atoms with Crippen LogP contribution in [0, 0.1) is 18.6 Å². The van der Waals surface area contributed by atoms with E-state index < -0.39 is 21.7 Å². The fourth-order valence-corrected chi connectivity index (χ4v) is 3.95. The maximum atomic E-state index is 14.5. The summed E-state index contributed by atoms with van der Waals surface area (Å²) in [6, 6.07) is 10.7. The van der Waals surface area contributed by atoms with E-state index >= 15 is 0 Å². The minimum Gasteiger partial charge on any atom is -0.408 e. The van der Waals surface area contributed by atoms with Gasteiger partial charge in [0, 0.05) is 23.3 Å². The summed E-state index contributed by atoms with van der Waals surface area (Å²) in [7, 11) is -3.83. The van der Waals surface area contributed by atoms with Gasteiger partial charge in [0.05, 0.1) is 21.8 Å². The Balaban J connectivity index is 1.95. The molecule has 0 aliphatic carbocycles. The van der Waals surface area contributed by atoms with Gasteiger partial charge in [-0.25, -0.2) is 27.3 Å². The van der Waals surface area contributed by atoms with Crippen LogP contribution < -0.4 is 8.21 Å². The van der Waals surface area contributed by atoms with Gasteiger partial charge in [-0.15, -0.1) is 0 Å². The zero-order valence-corrected chi connectivity index (χ0v) is 18.3. The lowest BCUT2D eigenvalue weighted by molar-refractivity contribution is 0.585. The van der Waals surface area contributed by atoms with Crippen molar-refractivity contribution in [3.63, 3.8) is 0 Å². The minimum absolute atomic E-state index is 0.0352. The van der Waals surface area contributed by atoms with Crippen LogP contribution in [-0.4, -0.2) is 23.0 Å². The van der Waals surface area contributed by atoms with Crippen molar-refractivity contribution in [1.82, 2.24) is 14.6 Å². The third-order valence-corrected chi connectivity index (χ3v) is 5.87. The van der Waals surface area contributed by atoms with Gasteiger partial charge >= 0.3 is 0 Å². The molecule has 2 aromatic carbocycles. The number of fused-ring (bicyclic) bond motifs is 1. The van der Waals surface area contributed by atoms with E-state index in [-0.39, 0.29) is 10.5 Å². The highest BCUT2D eigenvalue weighted by Crippen LogP contribution is 2.34. The molecule has 4 rings (SSSR count). The number of hydrogen-bond donors (Lipinski definition) is 1. The summed E-state index contributed by atoms with van der Waals surface area (Å²) in [5.74, 6) is -1.11. The monoisotopic (exact) mass is 542 g/mol. The van der Waals surface area contributed by atoms with E-state index in [4.69, 9.17) is 8.21 Å². The molecule has 0 aliphatic rings. The van der Waals surface area contributed by atoms with Crippen LogP contribution in [0.5, 0.6) is 5.88 Å². The summed E-state index contributed by atoms with van der Waals surface area (Å²) in [6.45, 7) is 1.68. The molecule has 2 aromatic heterocycles. The Morgan fingerprint density at radius 1 is 1.10 bits per heavy atom. The quantitative estimate of drug-likeness (QED) is 0.393. The summed E-state index contributed by atoms with van der Waals surface area (Å²) in [6.07, 6.45) is 0. The first-order valence-corrected chi connectivity index (χ1v) is 10.9. The van der Waals surface area contributed by atoms with Gasteiger partial charge in [-0.3, -0.25) is 0 Å². The number of rotatable bonds is 4. The smallest absolute Gasteiger partial charge is 0.238 e. The Morgan fingerprint density at radius 2 is 1.80 bits per heavy atom. The maximum absolute atomic E-state index is 14.5. The fourth-order valence-electron chi connectivity index (χ4n) is 3.12. The maximum Gasteiger partial charge on any atom is 0.238 e. The summed E-state index contributed by atoms with van der Waals surface area (Å²) in [5, 5.41) is 9.51. The fraction of sp³-hybridized carbons (Fsp3) is 0.0526. The van der Waals surface area contributed by atoms with Crippen molar-refractivity contribution < 1.29 is 20.3 Å². The van der Waals surface area contributed by atoms with Crippen LogP contribution in [0.4, 0.5) is 8.78 Å². The molecule has 30 heavy (non-hydrogen) atoms. The molecule has 0 unspecified atom stereocenters. The van der Waals surface area contributed by atoms with Gasteiger partial charge in [-0.2, -0.15) is 9.61 Å². The van der Waals surface area contributed by atoms with Crippen molar-refractivity contribution in [3.8, 4) is 28.3 Å². The van der Waals surface area contributed by atoms with Crippen LogP contribution in [0.2, 0.25) is 0 Å². The molecule has 0 bridgehead atoms. The Morgan fingerprint density at radius 3 is 2.40 bits per heavy atom. The number of nitrogens with zero attached hydrogens (tertiary/aromatic N) is 3. The van der Waals surface area contributed by atoms with Gasteiger partial charge in [0.1, 0.15) is 11.6 Å². The average Bonchev–Trinajstić information content (AvgIpc) is 3.02. The summed E-state index contributed by atoms with van der Waals surface area (Å²) in [4.78, 5) is 4.55. The molecule has 7 nitrogen and oxygen atoms in total. The second-order valence-corrected chi connectivity index (χ2v) is 8.45. The van der Waals surface area contributed by atoms with Crippen molar-refractivity contribution in [3.05, 3.63) is 65.9 Å². The lowest BCUT2D eigenvalue weighted by Crippen LogP contribution is -2.11. The highest BCUT2D eigenvalue weighted by molar-refractivity contribution is 14.1. The van der Waals surface area contributed by atoms with E-state index in [0.717, 1.165) is 12.1 Å². The van der Waals surface area contributed by atoms with Gasteiger partial charge in [-0.05, 0) is 31.2 Å². The molecule has 0 saturated carbocycles. The van der Waals surface area contributed by atoms with Gasteiger partial charge < -0.3 is 3.07 Å². The summed E-state index contributed by atoms with van der Waals surface area (Å²) in [5.41, 5.74) is 2.35. The normalized spacial score (nSPS) is 11.8. The number of benzene rings is 2. The van der Waals surface area contributed by atoms with Crippen molar-refractivity contribution in [1.29, 1.82) is 0 Å². The van der Waals surface area contributed by atoms with Crippen LogP contribution in [0.3, 0.4) is 0 Å². The molecular formula is C19H13F2IN4O3S. The molecule has 0 fully saturated rings. The van der Waals surface area contributed by atoms with E-state index in [9.17, 15) is 17.2 Å². The molecule has 0 spiro atoms. The summed E-state index contributed by atoms with van der Waals surface area (Å²) >= 11 is 1.69. The Hall–Kier alpha value is -2.64. The first-order chi connectivity index (χ1) is 14.2. The molecular weight excluding hydrogens is 529 g/mol. The molecule has 11 heteroatoms. The Bertz CT molecular complexity index is 1390. The van der Waals surface area contributed by atoms with Crippen LogP contribution in [0.15, 0.2) is 53.4 Å². The molecule has 2 heterocycles. The van der Waals surface area contributed by atoms with Crippen molar-refractivity contribution in [2.45, 2.75) is 11.8 Å². The highest BCUT2D eigenvalue weighted by atomic mass is 127. The third-order valence-electron chi connectivity index (χ3n) is 4.49. The second-order valence-electron chi connectivity index (χ2n) is 6.45. The topological polar surface area (TPSA) is 99.6 Å². The number of aryl methyl sites for hydroxylation is 1. The number of halogens is 3.